The summed E-state index contributed by atoms with van der Waals surface area (Å²) in [6.07, 6.45) is 10.7. The second-order valence-electron chi connectivity index (χ2n) is 13.9. The molecule has 47 heavy (non-hydrogen) atoms. The van der Waals surface area contributed by atoms with Gasteiger partial charge in [-0.15, -0.1) is 11.3 Å². The van der Waals surface area contributed by atoms with Gasteiger partial charge in [-0.1, -0.05) is 25.0 Å². The highest BCUT2D eigenvalue weighted by Crippen LogP contribution is 2.46. The Morgan fingerprint density at radius 3 is 2.70 bits per heavy atom. The quantitative estimate of drug-likeness (QED) is 0.330. The van der Waals surface area contributed by atoms with Crippen molar-refractivity contribution in [2.45, 2.75) is 102 Å². The van der Waals surface area contributed by atoms with Crippen LogP contribution >= 0.6 is 11.3 Å². The van der Waals surface area contributed by atoms with Gasteiger partial charge in [-0.3, -0.25) is 9.59 Å². The van der Waals surface area contributed by atoms with Crippen LogP contribution < -0.4 is 10.6 Å². The van der Waals surface area contributed by atoms with Crippen LogP contribution in [0.2, 0.25) is 0 Å². The van der Waals surface area contributed by atoms with E-state index in [1.165, 1.54) is 16.2 Å². The molecular formula is C34H42N6O6S. The summed E-state index contributed by atoms with van der Waals surface area (Å²) < 4.78 is 7.49. The van der Waals surface area contributed by atoms with Crippen molar-refractivity contribution >= 4 is 46.2 Å². The first kappa shape index (κ1) is 32.7. The molecular weight excluding hydrogens is 620 g/mol. The van der Waals surface area contributed by atoms with Crippen molar-refractivity contribution in [1.82, 2.24) is 30.1 Å². The summed E-state index contributed by atoms with van der Waals surface area (Å²) in [5, 5.41) is 18.6. The van der Waals surface area contributed by atoms with Gasteiger partial charge in [-0.05, 0) is 77.5 Å². The van der Waals surface area contributed by atoms with Crippen molar-refractivity contribution in [2.75, 3.05) is 6.54 Å². The maximum Gasteiger partial charge on any atom is 0.408 e. The minimum atomic E-state index is -1.41. The van der Waals surface area contributed by atoms with Gasteiger partial charge in [0.15, 0.2) is 0 Å². The summed E-state index contributed by atoms with van der Waals surface area (Å²) in [6, 6.07) is 1.87. The standard InChI is InChI=1S/C34H42N6O6S/c1-20-14-21(29-35-12-13-47-29)15-25-27(20)36-19-40(25)23-16-26-28(41)38-34(31(43)44)17-22(34)10-8-6-5-7-9-11-24(30(42)39(26)18-23)37-32(45)46-33(2,3)4/h8,10,12-15,19,22-24,26H,5-7,9,11,16-18H2,1-4H3,(H,37,45)(H,38,41)(H,43,44)/b10-8-/t22-,23+,24-,26-,34+/m0/s1. The number of carbonyl (C=O) groups excluding carboxylic acids is 3. The molecule has 0 radical (unpaired) electrons. The highest BCUT2D eigenvalue weighted by Gasteiger charge is 2.61. The molecule has 2 aliphatic heterocycles. The highest BCUT2D eigenvalue weighted by molar-refractivity contribution is 7.13. The minimum Gasteiger partial charge on any atom is -0.479 e. The van der Waals surface area contributed by atoms with Gasteiger partial charge in [0.2, 0.25) is 11.8 Å². The summed E-state index contributed by atoms with van der Waals surface area (Å²) in [5.74, 6) is -2.32. The number of imidazole rings is 1. The van der Waals surface area contributed by atoms with Crippen molar-refractivity contribution in [3.8, 4) is 10.6 Å². The maximum atomic E-state index is 14.4. The third-order valence-electron chi connectivity index (χ3n) is 9.27. The molecule has 250 valence electrons. The minimum absolute atomic E-state index is 0.179. The molecule has 1 saturated carbocycles. The number of aliphatic carboxylic acids is 1. The number of aromatic nitrogens is 3. The van der Waals surface area contributed by atoms with E-state index in [0.29, 0.717) is 19.3 Å². The second-order valence-corrected chi connectivity index (χ2v) is 14.8. The zero-order valence-electron chi connectivity index (χ0n) is 27.2. The molecule has 3 N–H and O–H groups in total. The number of benzene rings is 1. The van der Waals surface area contributed by atoms with Gasteiger partial charge in [0, 0.05) is 29.6 Å². The molecule has 3 amide bonds. The Bertz CT molecular complexity index is 1710. The van der Waals surface area contributed by atoms with E-state index in [1.54, 1.807) is 33.3 Å². The average Bonchev–Trinajstić information content (AvgIpc) is 3.45. The number of carboxylic acid groups (broad SMARTS) is 1. The predicted molar refractivity (Wildman–Crippen MR) is 177 cm³/mol. The molecule has 0 bridgehead atoms. The molecule has 6 rings (SSSR count). The Morgan fingerprint density at radius 1 is 1.17 bits per heavy atom. The van der Waals surface area contributed by atoms with Crippen LogP contribution in [0.15, 0.2) is 42.2 Å². The molecule has 0 spiro atoms. The fourth-order valence-corrected chi connectivity index (χ4v) is 7.44. The number of thiazole rings is 1. The van der Waals surface area contributed by atoms with Crippen molar-refractivity contribution in [3.05, 3.63) is 47.8 Å². The van der Waals surface area contributed by atoms with Crippen LogP contribution in [0.1, 0.15) is 77.3 Å². The number of rotatable bonds is 4. The third-order valence-corrected chi connectivity index (χ3v) is 10.1. The lowest BCUT2D eigenvalue weighted by Gasteiger charge is -2.30. The maximum absolute atomic E-state index is 14.4. The largest absolute Gasteiger partial charge is 0.479 e. The van der Waals surface area contributed by atoms with Gasteiger partial charge in [-0.2, -0.15) is 0 Å². The Morgan fingerprint density at radius 2 is 1.98 bits per heavy atom. The Kier molecular flexibility index (Phi) is 8.86. The third kappa shape index (κ3) is 6.76. The number of ether oxygens (including phenoxy) is 1. The van der Waals surface area contributed by atoms with Crippen LogP contribution in [0.4, 0.5) is 4.79 Å². The van der Waals surface area contributed by atoms with Crippen LogP contribution in [0.3, 0.4) is 0 Å². The number of allylic oxidation sites excluding steroid dienone is 1. The number of nitrogens with zero attached hydrogens (tertiary/aromatic N) is 4. The van der Waals surface area contributed by atoms with E-state index in [2.05, 4.69) is 20.6 Å². The lowest BCUT2D eigenvalue weighted by molar-refractivity contribution is -0.145. The Hall–Kier alpha value is -4.26. The Labute approximate surface area is 277 Å². The van der Waals surface area contributed by atoms with E-state index in [-0.39, 0.29) is 24.9 Å². The normalized spacial score (nSPS) is 27.6. The van der Waals surface area contributed by atoms with Gasteiger partial charge >= 0.3 is 12.1 Å². The molecule has 3 aromatic rings. The van der Waals surface area contributed by atoms with Gasteiger partial charge in [0.25, 0.3) is 0 Å². The van der Waals surface area contributed by atoms with E-state index in [9.17, 15) is 24.3 Å². The predicted octanol–water partition coefficient (Wildman–Crippen LogP) is 4.98. The number of amides is 3. The van der Waals surface area contributed by atoms with E-state index in [0.717, 1.165) is 46.4 Å². The summed E-state index contributed by atoms with van der Waals surface area (Å²) in [6.45, 7) is 7.43. The summed E-state index contributed by atoms with van der Waals surface area (Å²) in [5.41, 5.74) is 1.43. The SMILES string of the molecule is Cc1cc(-c2nccs2)cc2c1ncn2[C@@H]1C[C@H]2C(=O)N[C@]3(C(=O)O)C[C@@H]3/C=C\CCCCC[C@H](NC(=O)OC(C)(C)C)C(=O)N2C1. The number of hydrogen-bond donors (Lipinski definition) is 3. The molecule has 5 atom stereocenters. The number of fused-ring (bicyclic) bond motifs is 3. The lowest BCUT2D eigenvalue weighted by Crippen LogP contribution is -2.56. The summed E-state index contributed by atoms with van der Waals surface area (Å²) in [4.78, 5) is 64.4. The second kappa shape index (κ2) is 12.7. The zero-order valence-corrected chi connectivity index (χ0v) is 28.0. The number of carboxylic acids is 1. The molecule has 13 heteroatoms. The van der Waals surface area contributed by atoms with E-state index < -0.39 is 47.1 Å². The molecule has 2 aromatic heterocycles. The number of nitrogens with one attached hydrogen (secondary N) is 2. The van der Waals surface area contributed by atoms with E-state index in [1.807, 2.05) is 41.2 Å². The zero-order chi connectivity index (χ0) is 33.5. The molecule has 0 unspecified atom stereocenters. The van der Waals surface area contributed by atoms with E-state index in [4.69, 9.17) is 4.74 Å². The van der Waals surface area contributed by atoms with Crippen molar-refractivity contribution in [3.63, 3.8) is 0 Å². The van der Waals surface area contributed by atoms with Crippen LogP contribution in [0, 0.1) is 12.8 Å². The average molecular weight is 663 g/mol. The fraction of sp³-hybridized carbons (Fsp3) is 0.529. The molecule has 3 aliphatic rings. The smallest absolute Gasteiger partial charge is 0.408 e. The van der Waals surface area contributed by atoms with Crippen LogP contribution in [0.5, 0.6) is 0 Å². The van der Waals surface area contributed by atoms with E-state index >= 15 is 0 Å². The van der Waals surface area contributed by atoms with Crippen molar-refractivity contribution in [1.29, 1.82) is 0 Å². The number of carbonyl (C=O) groups is 4. The Balaban J connectivity index is 1.36. The fourth-order valence-electron chi connectivity index (χ4n) is 6.82. The van der Waals surface area contributed by atoms with Gasteiger partial charge < -0.3 is 29.9 Å². The van der Waals surface area contributed by atoms with Gasteiger partial charge in [0.1, 0.15) is 28.2 Å². The van der Waals surface area contributed by atoms with Crippen LogP contribution in [-0.2, 0) is 19.1 Å². The van der Waals surface area contributed by atoms with Crippen molar-refractivity contribution < 1.29 is 29.0 Å². The lowest BCUT2D eigenvalue weighted by atomic mass is 10.0. The van der Waals surface area contributed by atoms with Gasteiger partial charge in [0.05, 0.1) is 23.4 Å². The number of hydrogen-bond acceptors (Lipinski definition) is 8. The highest BCUT2D eigenvalue weighted by atomic mass is 32.1. The summed E-state index contributed by atoms with van der Waals surface area (Å²) in [7, 11) is 0. The number of aryl methyl sites for hydroxylation is 1. The molecule has 1 aromatic carbocycles. The molecule has 12 nitrogen and oxygen atoms in total. The molecule has 1 saturated heterocycles. The van der Waals surface area contributed by atoms with Crippen molar-refractivity contribution in [2.24, 2.45) is 5.92 Å². The number of alkyl carbamates (subject to hydrolysis) is 1. The first-order valence-electron chi connectivity index (χ1n) is 16.3. The summed E-state index contributed by atoms with van der Waals surface area (Å²) >= 11 is 1.54. The van der Waals surface area contributed by atoms with Crippen LogP contribution in [-0.4, -0.2) is 78.2 Å². The monoisotopic (exact) mass is 662 g/mol. The topological polar surface area (TPSA) is 156 Å². The van der Waals surface area contributed by atoms with Gasteiger partial charge in [-0.25, -0.2) is 19.6 Å². The molecule has 4 heterocycles. The first-order chi connectivity index (χ1) is 22.4. The van der Waals surface area contributed by atoms with Crippen LogP contribution in [0.25, 0.3) is 21.6 Å². The molecule has 1 aliphatic carbocycles. The molecule has 2 fully saturated rings. The first-order valence-corrected chi connectivity index (χ1v) is 17.1.